The lowest BCUT2D eigenvalue weighted by molar-refractivity contribution is 0.102. The minimum atomic E-state index is -0.211. The van der Waals surface area contributed by atoms with Crippen molar-refractivity contribution in [2.45, 2.75) is 0 Å². The van der Waals surface area contributed by atoms with E-state index in [2.05, 4.69) is 21.2 Å². The quantitative estimate of drug-likeness (QED) is 0.922. The molecular formula is C15H12BrNO4. The maximum atomic E-state index is 12.2. The van der Waals surface area contributed by atoms with Crippen LogP contribution < -0.4 is 19.5 Å². The third kappa shape index (κ3) is 2.80. The second kappa shape index (κ2) is 5.65. The highest BCUT2D eigenvalue weighted by atomic mass is 79.9. The number of rotatable bonds is 3. The van der Waals surface area contributed by atoms with Crippen LogP contribution in [0.15, 0.2) is 40.9 Å². The number of carbonyl (C=O) groups excluding carboxylic acids is 1. The first-order chi connectivity index (χ1) is 10.2. The van der Waals surface area contributed by atoms with Crippen molar-refractivity contribution in [2.75, 3.05) is 19.2 Å². The van der Waals surface area contributed by atoms with Gasteiger partial charge in [-0.05, 0) is 46.3 Å². The van der Waals surface area contributed by atoms with Gasteiger partial charge in [0, 0.05) is 17.3 Å². The van der Waals surface area contributed by atoms with Gasteiger partial charge in [0.15, 0.2) is 11.5 Å². The summed E-state index contributed by atoms with van der Waals surface area (Å²) in [6.45, 7) is 0.207. The fourth-order valence-corrected chi connectivity index (χ4v) is 2.53. The van der Waals surface area contributed by atoms with Gasteiger partial charge < -0.3 is 19.5 Å². The van der Waals surface area contributed by atoms with Gasteiger partial charge in [-0.3, -0.25) is 4.79 Å². The summed E-state index contributed by atoms with van der Waals surface area (Å²) in [7, 11) is 1.58. The Balaban J connectivity index is 1.78. The van der Waals surface area contributed by atoms with E-state index in [-0.39, 0.29) is 12.7 Å². The Bertz CT molecular complexity index is 702. The summed E-state index contributed by atoms with van der Waals surface area (Å²) < 4.78 is 16.4. The molecule has 1 amide bonds. The molecule has 1 N–H and O–H groups in total. The smallest absolute Gasteiger partial charge is 0.255 e. The van der Waals surface area contributed by atoms with Gasteiger partial charge in [-0.25, -0.2) is 0 Å². The topological polar surface area (TPSA) is 56.8 Å². The molecule has 0 bridgehead atoms. The molecule has 0 spiro atoms. The number of halogens is 1. The maximum absolute atomic E-state index is 12.2. The number of amides is 1. The Kier molecular flexibility index (Phi) is 3.70. The molecule has 0 saturated heterocycles. The fraction of sp³-hybridized carbons (Fsp3) is 0.133. The number of carbonyl (C=O) groups is 1. The average Bonchev–Trinajstić information content (AvgIpc) is 2.94. The molecule has 3 rings (SSSR count). The number of benzene rings is 2. The second-order valence-electron chi connectivity index (χ2n) is 4.37. The monoisotopic (exact) mass is 349 g/mol. The SMILES string of the molecule is COc1ccc(C(=O)Nc2ccc3c(c2)OCO3)cc1Br. The summed E-state index contributed by atoms with van der Waals surface area (Å²) in [5.41, 5.74) is 1.18. The van der Waals surface area contributed by atoms with Gasteiger partial charge >= 0.3 is 0 Å². The molecule has 0 aliphatic carbocycles. The van der Waals surface area contributed by atoms with Crippen LogP contribution in [-0.4, -0.2) is 19.8 Å². The van der Waals surface area contributed by atoms with Crippen molar-refractivity contribution in [1.82, 2.24) is 0 Å². The van der Waals surface area contributed by atoms with E-state index in [9.17, 15) is 4.79 Å². The highest BCUT2D eigenvalue weighted by molar-refractivity contribution is 9.10. The maximum Gasteiger partial charge on any atom is 0.255 e. The lowest BCUT2D eigenvalue weighted by Gasteiger charge is -2.08. The van der Waals surface area contributed by atoms with Crippen molar-refractivity contribution < 1.29 is 19.0 Å². The second-order valence-corrected chi connectivity index (χ2v) is 5.23. The van der Waals surface area contributed by atoms with E-state index >= 15 is 0 Å². The van der Waals surface area contributed by atoms with Gasteiger partial charge in [0.05, 0.1) is 11.6 Å². The first-order valence-corrected chi connectivity index (χ1v) is 7.01. The van der Waals surface area contributed by atoms with Crippen molar-refractivity contribution in [1.29, 1.82) is 0 Å². The van der Waals surface area contributed by atoms with Crippen LogP contribution in [0.4, 0.5) is 5.69 Å². The summed E-state index contributed by atoms with van der Waals surface area (Å²) in [5.74, 6) is 1.77. The van der Waals surface area contributed by atoms with Crippen molar-refractivity contribution in [3.05, 3.63) is 46.4 Å². The Morgan fingerprint density at radius 3 is 2.76 bits per heavy atom. The minimum absolute atomic E-state index is 0.207. The van der Waals surface area contributed by atoms with Crippen LogP contribution in [0.1, 0.15) is 10.4 Å². The Morgan fingerprint density at radius 2 is 2.00 bits per heavy atom. The number of anilines is 1. The normalized spacial score (nSPS) is 12.1. The van der Waals surface area contributed by atoms with Crippen molar-refractivity contribution >= 4 is 27.5 Å². The molecule has 2 aromatic carbocycles. The van der Waals surface area contributed by atoms with Crippen molar-refractivity contribution in [3.8, 4) is 17.2 Å². The van der Waals surface area contributed by atoms with E-state index in [1.165, 1.54) is 0 Å². The summed E-state index contributed by atoms with van der Waals surface area (Å²) in [6, 6.07) is 10.4. The number of nitrogens with one attached hydrogen (secondary N) is 1. The van der Waals surface area contributed by atoms with E-state index in [4.69, 9.17) is 14.2 Å². The molecule has 108 valence electrons. The average molecular weight is 350 g/mol. The molecule has 0 radical (unpaired) electrons. The fourth-order valence-electron chi connectivity index (χ4n) is 1.99. The highest BCUT2D eigenvalue weighted by Gasteiger charge is 2.15. The number of fused-ring (bicyclic) bond motifs is 1. The third-order valence-electron chi connectivity index (χ3n) is 3.04. The van der Waals surface area contributed by atoms with Crippen LogP contribution in [0.2, 0.25) is 0 Å². The predicted molar refractivity (Wildman–Crippen MR) is 81.2 cm³/mol. The molecule has 1 aliphatic heterocycles. The molecule has 6 heteroatoms. The lowest BCUT2D eigenvalue weighted by Crippen LogP contribution is -2.11. The number of ether oxygens (including phenoxy) is 3. The number of hydrogen-bond acceptors (Lipinski definition) is 4. The molecule has 0 fully saturated rings. The van der Waals surface area contributed by atoms with Crippen LogP contribution in [0.25, 0.3) is 0 Å². The minimum Gasteiger partial charge on any atom is -0.496 e. The van der Waals surface area contributed by atoms with Crippen molar-refractivity contribution in [3.63, 3.8) is 0 Å². The highest BCUT2D eigenvalue weighted by Crippen LogP contribution is 2.34. The van der Waals surface area contributed by atoms with Crippen molar-refractivity contribution in [2.24, 2.45) is 0 Å². The molecule has 21 heavy (non-hydrogen) atoms. The van der Waals surface area contributed by atoms with Crippen LogP contribution in [-0.2, 0) is 0 Å². The van der Waals surface area contributed by atoms with E-state index < -0.39 is 0 Å². The lowest BCUT2D eigenvalue weighted by atomic mass is 10.2. The summed E-state index contributed by atoms with van der Waals surface area (Å²) in [4.78, 5) is 12.2. The van der Waals surface area contributed by atoms with Crippen LogP contribution in [0.5, 0.6) is 17.2 Å². The third-order valence-corrected chi connectivity index (χ3v) is 3.66. The van der Waals surface area contributed by atoms with Gasteiger partial charge in [0.25, 0.3) is 5.91 Å². The van der Waals surface area contributed by atoms with E-state index in [0.717, 1.165) is 4.47 Å². The Labute approximate surface area is 129 Å². The van der Waals surface area contributed by atoms with E-state index in [1.54, 1.807) is 43.5 Å². The molecule has 2 aromatic rings. The van der Waals surface area contributed by atoms with Gasteiger partial charge in [-0.15, -0.1) is 0 Å². The van der Waals surface area contributed by atoms with Gasteiger partial charge in [0.1, 0.15) is 5.75 Å². The molecule has 0 saturated carbocycles. The van der Waals surface area contributed by atoms with Gasteiger partial charge in [-0.1, -0.05) is 0 Å². The Morgan fingerprint density at radius 1 is 1.19 bits per heavy atom. The molecule has 0 aromatic heterocycles. The molecule has 5 nitrogen and oxygen atoms in total. The zero-order valence-electron chi connectivity index (χ0n) is 11.2. The molecule has 1 heterocycles. The zero-order valence-corrected chi connectivity index (χ0v) is 12.8. The van der Waals surface area contributed by atoms with Crippen LogP contribution in [0, 0.1) is 0 Å². The van der Waals surface area contributed by atoms with Gasteiger partial charge in [-0.2, -0.15) is 0 Å². The molecule has 0 atom stereocenters. The van der Waals surface area contributed by atoms with Crippen LogP contribution in [0.3, 0.4) is 0 Å². The molecule has 1 aliphatic rings. The van der Waals surface area contributed by atoms with E-state index in [0.29, 0.717) is 28.5 Å². The molecular weight excluding hydrogens is 338 g/mol. The standard InChI is InChI=1S/C15H12BrNO4/c1-19-12-4-2-9(6-11(12)16)15(18)17-10-3-5-13-14(7-10)21-8-20-13/h2-7H,8H2,1H3,(H,17,18). The van der Waals surface area contributed by atoms with Crippen LogP contribution >= 0.6 is 15.9 Å². The summed E-state index contributed by atoms with van der Waals surface area (Å²) in [6.07, 6.45) is 0. The largest absolute Gasteiger partial charge is 0.496 e. The summed E-state index contributed by atoms with van der Waals surface area (Å²) >= 11 is 3.36. The van der Waals surface area contributed by atoms with Gasteiger partial charge in [0.2, 0.25) is 6.79 Å². The summed E-state index contributed by atoms with van der Waals surface area (Å²) in [5, 5.41) is 2.82. The zero-order chi connectivity index (χ0) is 14.8. The van der Waals surface area contributed by atoms with E-state index in [1.807, 2.05) is 0 Å². The number of hydrogen-bond donors (Lipinski definition) is 1. The predicted octanol–water partition coefficient (Wildman–Crippen LogP) is 3.44. The molecule has 0 unspecified atom stereocenters. The Hall–Kier alpha value is -2.21. The number of methoxy groups -OCH3 is 1. The first-order valence-electron chi connectivity index (χ1n) is 6.22. The first kappa shape index (κ1) is 13.8.